The number of tetrazole rings is 1. The topological polar surface area (TPSA) is 75.9 Å². The summed E-state index contributed by atoms with van der Waals surface area (Å²) in [5.74, 6) is 0.750. The first-order valence-electron chi connectivity index (χ1n) is 9.62. The molecule has 0 atom stereocenters. The largest absolute Gasteiger partial charge is 0.352 e. The van der Waals surface area contributed by atoms with Crippen molar-refractivity contribution in [1.29, 1.82) is 0 Å². The normalized spacial score (nSPS) is 18.6. The van der Waals surface area contributed by atoms with Crippen molar-refractivity contribution in [2.45, 2.75) is 51.7 Å². The molecule has 1 amide bonds. The van der Waals surface area contributed by atoms with Gasteiger partial charge in [-0.1, -0.05) is 12.1 Å². The summed E-state index contributed by atoms with van der Waals surface area (Å²) in [6.07, 6.45) is 3.95. The maximum absolute atomic E-state index is 13.6. The predicted molar refractivity (Wildman–Crippen MR) is 97.1 cm³/mol. The second-order valence-electron chi connectivity index (χ2n) is 7.62. The van der Waals surface area contributed by atoms with E-state index in [0.717, 1.165) is 56.7 Å². The Morgan fingerprint density at radius 3 is 2.74 bits per heavy atom. The number of aromatic nitrogens is 4. The molecule has 27 heavy (non-hydrogen) atoms. The number of piperidine rings is 1. The fourth-order valence-electron chi connectivity index (χ4n) is 3.55. The van der Waals surface area contributed by atoms with Gasteiger partial charge < -0.3 is 5.32 Å². The summed E-state index contributed by atoms with van der Waals surface area (Å²) >= 11 is 0. The predicted octanol–water partition coefficient (Wildman–Crippen LogP) is 1.98. The number of likely N-dealkylation sites (tertiary alicyclic amines) is 1. The zero-order valence-electron chi connectivity index (χ0n) is 15.6. The summed E-state index contributed by atoms with van der Waals surface area (Å²) < 4.78 is 15.5. The number of aryl methyl sites for hydroxylation is 1. The summed E-state index contributed by atoms with van der Waals surface area (Å²) in [7, 11) is 0. The molecule has 1 saturated carbocycles. The first-order chi connectivity index (χ1) is 13.1. The quantitative estimate of drug-likeness (QED) is 0.839. The van der Waals surface area contributed by atoms with Crippen molar-refractivity contribution in [3.63, 3.8) is 0 Å². The van der Waals surface area contributed by atoms with E-state index in [1.165, 1.54) is 6.07 Å². The van der Waals surface area contributed by atoms with Crippen molar-refractivity contribution in [2.24, 2.45) is 5.92 Å². The lowest BCUT2D eigenvalue weighted by Crippen LogP contribution is -2.40. The maximum Gasteiger partial charge on any atom is 0.223 e. The zero-order chi connectivity index (χ0) is 18.8. The third-order valence-corrected chi connectivity index (χ3v) is 5.48. The van der Waals surface area contributed by atoms with Crippen LogP contribution < -0.4 is 5.32 Å². The highest BCUT2D eigenvalue weighted by Crippen LogP contribution is 2.34. The van der Waals surface area contributed by atoms with Crippen LogP contribution in [0, 0.1) is 18.7 Å². The number of carbonyl (C=O) groups is 1. The van der Waals surface area contributed by atoms with E-state index >= 15 is 0 Å². The van der Waals surface area contributed by atoms with E-state index in [2.05, 4.69) is 25.7 Å². The first kappa shape index (κ1) is 18.0. The number of benzene rings is 1. The van der Waals surface area contributed by atoms with Crippen molar-refractivity contribution in [3.8, 4) is 0 Å². The van der Waals surface area contributed by atoms with Gasteiger partial charge in [0.25, 0.3) is 0 Å². The first-order valence-corrected chi connectivity index (χ1v) is 9.62. The number of amides is 1. The lowest BCUT2D eigenvalue weighted by molar-refractivity contribution is -0.126. The molecule has 1 aromatic carbocycles. The average Bonchev–Trinajstić information content (AvgIpc) is 3.42. The second kappa shape index (κ2) is 7.72. The number of hydrogen-bond acceptors (Lipinski definition) is 5. The molecule has 1 aliphatic heterocycles. The molecule has 0 radical (unpaired) electrons. The Kier molecular flexibility index (Phi) is 5.15. The average molecular weight is 372 g/mol. The summed E-state index contributed by atoms with van der Waals surface area (Å²) in [5, 5.41) is 15.0. The monoisotopic (exact) mass is 372 g/mol. The Morgan fingerprint density at radius 2 is 2.04 bits per heavy atom. The Labute approximate surface area is 157 Å². The smallest absolute Gasteiger partial charge is 0.223 e. The molecule has 1 N–H and O–H groups in total. The Bertz CT molecular complexity index is 810. The van der Waals surface area contributed by atoms with E-state index in [1.807, 2.05) is 10.7 Å². The molecular weight excluding hydrogens is 347 g/mol. The molecule has 0 unspecified atom stereocenters. The van der Waals surface area contributed by atoms with Crippen LogP contribution in [0.1, 0.15) is 48.7 Å². The summed E-state index contributed by atoms with van der Waals surface area (Å²) in [4.78, 5) is 14.7. The Hall–Kier alpha value is -2.35. The van der Waals surface area contributed by atoms with Gasteiger partial charge in [-0.2, -0.15) is 0 Å². The lowest BCUT2D eigenvalue weighted by atomic mass is 9.96. The molecule has 2 aliphatic rings. The zero-order valence-corrected chi connectivity index (χ0v) is 15.6. The van der Waals surface area contributed by atoms with Gasteiger partial charge in [-0.3, -0.25) is 9.69 Å². The molecule has 7 nitrogen and oxygen atoms in total. The molecule has 1 aromatic heterocycles. The number of hydrogen-bond donors (Lipinski definition) is 1. The van der Waals surface area contributed by atoms with Crippen LogP contribution in [0.3, 0.4) is 0 Å². The highest BCUT2D eigenvalue weighted by atomic mass is 19.1. The van der Waals surface area contributed by atoms with Crippen LogP contribution in [0.2, 0.25) is 0 Å². The van der Waals surface area contributed by atoms with Crippen LogP contribution in [0.4, 0.5) is 4.39 Å². The van der Waals surface area contributed by atoms with Gasteiger partial charge in [-0.15, -0.1) is 5.10 Å². The van der Waals surface area contributed by atoms with Crippen LogP contribution in [-0.2, 0) is 17.9 Å². The Balaban J connectivity index is 1.24. The number of halogens is 1. The van der Waals surface area contributed by atoms with Gasteiger partial charge in [0, 0.05) is 12.5 Å². The fourth-order valence-corrected chi connectivity index (χ4v) is 3.55. The summed E-state index contributed by atoms with van der Waals surface area (Å²) in [5.41, 5.74) is 1.40. The minimum Gasteiger partial charge on any atom is -0.352 e. The van der Waals surface area contributed by atoms with Crippen LogP contribution in [0.25, 0.3) is 0 Å². The molecule has 2 fully saturated rings. The summed E-state index contributed by atoms with van der Waals surface area (Å²) in [6.45, 7) is 4.55. The maximum atomic E-state index is 13.6. The van der Waals surface area contributed by atoms with Crippen molar-refractivity contribution in [3.05, 3.63) is 41.0 Å². The van der Waals surface area contributed by atoms with E-state index in [9.17, 15) is 9.18 Å². The fraction of sp³-hybridized carbons (Fsp3) is 0.579. The second-order valence-corrected chi connectivity index (χ2v) is 7.62. The van der Waals surface area contributed by atoms with Crippen molar-refractivity contribution in [2.75, 3.05) is 13.1 Å². The molecule has 2 heterocycles. The van der Waals surface area contributed by atoms with Gasteiger partial charge in [0.15, 0.2) is 5.82 Å². The molecule has 4 rings (SSSR count). The van der Waals surface area contributed by atoms with E-state index in [0.29, 0.717) is 18.2 Å². The van der Waals surface area contributed by atoms with Crippen molar-refractivity contribution < 1.29 is 9.18 Å². The van der Waals surface area contributed by atoms with Gasteiger partial charge >= 0.3 is 0 Å². The molecular formula is C19H25FN6O. The molecule has 0 spiro atoms. The Morgan fingerprint density at radius 1 is 1.26 bits per heavy atom. The highest BCUT2D eigenvalue weighted by Gasteiger charge is 2.30. The number of carbonyl (C=O) groups excluding carboxylic acids is 1. The van der Waals surface area contributed by atoms with Crippen LogP contribution in [0.5, 0.6) is 0 Å². The standard InChI is InChI=1S/C19H25FN6O/c1-13-2-3-14(10-17(13)20)11-21-19(27)15-6-8-25(9-7-15)12-18-22-23-24-26(18)16-4-5-16/h2-3,10,15-16H,4-9,11-12H2,1H3,(H,21,27). The van der Waals surface area contributed by atoms with E-state index < -0.39 is 0 Å². The van der Waals surface area contributed by atoms with Crippen molar-refractivity contribution in [1.82, 2.24) is 30.4 Å². The molecule has 0 bridgehead atoms. The van der Waals surface area contributed by atoms with Gasteiger partial charge in [0.1, 0.15) is 5.82 Å². The van der Waals surface area contributed by atoms with Gasteiger partial charge in [0.2, 0.25) is 5.91 Å². The molecule has 144 valence electrons. The van der Waals surface area contributed by atoms with Crippen LogP contribution >= 0.6 is 0 Å². The molecule has 8 heteroatoms. The number of rotatable bonds is 6. The number of nitrogens with one attached hydrogen (secondary N) is 1. The SMILES string of the molecule is Cc1ccc(CNC(=O)C2CCN(Cc3nnnn3C3CC3)CC2)cc1F. The minimum absolute atomic E-state index is 0.0102. The third kappa shape index (κ3) is 4.32. The van der Waals surface area contributed by atoms with Gasteiger partial charge in [-0.25, -0.2) is 9.07 Å². The summed E-state index contributed by atoms with van der Waals surface area (Å²) in [6, 6.07) is 5.56. The molecule has 2 aromatic rings. The lowest BCUT2D eigenvalue weighted by Gasteiger charge is -2.30. The van der Waals surface area contributed by atoms with Crippen molar-refractivity contribution >= 4 is 5.91 Å². The molecule has 1 aliphatic carbocycles. The molecule has 1 saturated heterocycles. The van der Waals surface area contributed by atoms with Crippen LogP contribution in [0.15, 0.2) is 18.2 Å². The van der Waals surface area contributed by atoms with Gasteiger partial charge in [0.05, 0.1) is 12.6 Å². The van der Waals surface area contributed by atoms with Crippen LogP contribution in [-0.4, -0.2) is 44.1 Å². The minimum atomic E-state index is -0.233. The number of nitrogens with zero attached hydrogens (tertiary/aromatic N) is 5. The van der Waals surface area contributed by atoms with E-state index in [4.69, 9.17) is 0 Å². The van der Waals surface area contributed by atoms with E-state index in [-0.39, 0.29) is 17.6 Å². The van der Waals surface area contributed by atoms with E-state index in [1.54, 1.807) is 13.0 Å². The highest BCUT2D eigenvalue weighted by molar-refractivity contribution is 5.78. The van der Waals surface area contributed by atoms with Gasteiger partial charge in [-0.05, 0) is 73.3 Å². The third-order valence-electron chi connectivity index (χ3n) is 5.48.